The fourth-order valence-electron chi connectivity index (χ4n) is 5.02. The first-order valence-electron chi connectivity index (χ1n) is 15.5. The van der Waals surface area contributed by atoms with Crippen molar-refractivity contribution in [2.45, 2.75) is 124 Å². The summed E-state index contributed by atoms with van der Waals surface area (Å²) in [5.41, 5.74) is 0.579. The molecule has 0 radical (unpaired) electrons. The van der Waals surface area contributed by atoms with E-state index < -0.39 is 0 Å². The Labute approximate surface area is 253 Å². The Morgan fingerprint density at radius 1 is 0.857 bits per heavy atom. The van der Waals surface area contributed by atoms with E-state index in [1.54, 1.807) is 0 Å². The lowest BCUT2D eigenvalue weighted by molar-refractivity contribution is 0.0568. The smallest absolute Gasteiger partial charge is 0.137 e. The van der Waals surface area contributed by atoms with Gasteiger partial charge in [-0.25, -0.2) is 0 Å². The Hall–Kier alpha value is -2.70. The van der Waals surface area contributed by atoms with Crippen LogP contribution in [-0.4, -0.2) is 42.5 Å². The van der Waals surface area contributed by atoms with Gasteiger partial charge in [-0.05, 0) is 90.1 Å². The highest BCUT2D eigenvalue weighted by Gasteiger charge is 2.44. The molecule has 1 aliphatic carbocycles. The lowest BCUT2D eigenvalue weighted by Crippen LogP contribution is -2.61. The molecule has 6 nitrogen and oxygen atoms in total. The van der Waals surface area contributed by atoms with Crippen molar-refractivity contribution in [3.63, 3.8) is 0 Å². The molecule has 3 aromatic rings. The normalized spacial score (nSPS) is 18.9. The molecule has 1 unspecified atom stereocenters. The molecule has 1 aromatic heterocycles. The maximum Gasteiger partial charge on any atom is 0.137 e. The van der Waals surface area contributed by atoms with Crippen LogP contribution < -0.4 is 24.8 Å². The molecule has 0 bridgehead atoms. The minimum absolute atomic E-state index is 0.0525. The minimum Gasteiger partial charge on any atom is -0.493 e. The minimum atomic E-state index is -0.248. The van der Waals surface area contributed by atoms with Gasteiger partial charge in [0.05, 0.1) is 6.61 Å². The number of hydrogen-bond donors (Lipinski definition) is 2. The summed E-state index contributed by atoms with van der Waals surface area (Å²) in [6, 6.07) is 16.7. The standard InChI is InChI=1S/C36H54N2O4/c1-24(22-37-34(5,6)7)40-29-16-15-25-17-32(42-31(25)21-29)35(8,9)36(10,11)38-26-18-30(19-26)41-28-14-12-13-27(20-28)39-23-33(2,3)4/h12-17,20-21,24,26,30,37-38H,18-19,22-23H2,1-11H3. The molecule has 1 fully saturated rings. The zero-order valence-corrected chi connectivity index (χ0v) is 27.8. The Bertz CT molecular complexity index is 1320. The van der Waals surface area contributed by atoms with E-state index in [1.807, 2.05) is 36.4 Å². The summed E-state index contributed by atoms with van der Waals surface area (Å²) < 4.78 is 24.9. The van der Waals surface area contributed by atoms with Crippen LogP contribution in [0.4, 0.5) is 0 Å². The number of benzene rings is 2. The lowest BCUT2D eigenvalue weighted by Gasteiger charge is -2.47. The van der Waals surface area contributed by atoms with E-state index in [4.69, 9.17) is 18.6 Å². The van der Waals surface area contributed by atoms with Gasteiger partial charge in [-0.2, -0.15) is 0 Å². The molecular weight excluding hydrogens is 524 g/mol. The topological polar surface area (TPSA) is 64.9 Å². The van der Waals surface area contributed by atoms with Gasteiger partial charge in [0.25, 0.3) is 0 Å². The first kappa shape index (κ1) is 32.2. The van der Waals surface area contributed by atoms with E-state index in [2.05, 4.69) is 98.9 Å². The van der Waals surface area contributed by atoms with Gasteiger partial charge in [-0.15, -0.1) is 0 Å². The zero-order valence-electron chi connectivity index (χ0n) is 27.8. The largest absolute Gasteiger partial charge is 0.493 e. The molecule has 2 N–H and O–H groups in total. The summed E-state index contributed by atoms with van der Waals surface area (Å²) in [7, 11) is 0. The summed E-state index contributed by atoms with van der Waals surface area (Å²) in [5, 5.41) is 8.50. The molecule has 232 valence electrons. The Kier molecular flexibility index (Phi) is 9.30. The average molecular weight is 579 g/mol. The highest BCUT2D eigenvalue weighted by molar-refractivity contribution is 5.79. The zero-order chi connectivity index (χ0) is 30.9. The average Bonchev–Trinajstić information content (AvgIpc) is 3.28. The van der Waals surface area contributed by atoms with Crippen molar-refractivity contribution < 1.29 is 18.6 Å². The van der Waals surface area contributed by atoms with E-state index >= 15 is 0 Å². The van der Waals surface area contributed by atoms with Crippen molar-refractivity contribution in [2.24, 2.45) is 5.41 Å². The number of hydrogen-bond acceptors (Lipinski definition) is 6. The van der Waals surface area contributed by atoms with Crippen LogP contribution in [0.5, 0.6) is 17.2 Å². The summed E-state index contributed by atoms with van der Waals surface area (Å²) in [6.07, 6.45) is 2.19. The van der Waals surface area contributed by atoms with Crippen LogP contribution in [0.1, 0.15) is 94.8 Å². The van der Waals surface area contributed by atoms with E-state index in [-0.39, 0.29) is 34.1 Å². The quantitative estimate of drug-likeness (QED) is 0.226. The van der Waals surface area contributed by atoms with Gasteiger partial charge in [0.1, 0.15) is 40.8 Å². The van der Waals surface area contributed by atoms with Gasteiger partial charge >= 0.3 is 0 Å². The Morgan fingerprint density at radius 3 is 2.21 bits per heavy atom. The van der Waals surface area contributed by atoms with Gasteiger partial charge in [-0.3, -0.25) is 0 Å². The first-order valence-corrected chi connectivity index (χ1v) is 15.5. The summed E-state index contributed by atoms with van der Waals surface area (Å²) in [4.78, 5) is 0. The number of nitrogens with one attached hydrogen (secondary N) is 2. The van der Waals surface area contributed by atoms with Crippen LogP contribution in [-0.2, 0) is 5.41 Å². The summed E-state index contributed by atoms with van der Waals surface area (Å²) in [5.74, 6) is 3.52. The van der Waals surface area contributed by atoms with Gasteiger partial charge in [0.2, 0.25) is 0 Å². The second-order valence-corrected chi connectivity index (χ2v) is 15.5. The summed E-state index contributed by atoms with van der Waals surface area (Å²) >= 11 is 0. The first-order chi connectivity index (χ1) is 19.4. The molecule has 0 spiro atoms. The van der Waals surface area contributed by atoms with Gasteiger partial charge < -0.3 is 29.3 Å². The van der Waals surface area contributed by atoms with Gasteiger partial charge in [0.15, 0.2) is 0 Å². The third-order valence-electron chi connectivity index (χ3n) is 8.37. The summed E-state index contributed by atoms with van der Waals surface area (Å²) in [6.45, 7) is 25.6. The fraction of sp³-hybridized carbons (Fsp3) is 0.611. The van der Waals surface area contributed by atoms with Crippen LogP contribution in [0, 0.1) is 5.41 Å². The molecule has 42 heavy (non-hydrogen) atoms. The van der Waals surface area contributed by atoms with Crippen molar-refractivity contribution in [1.29, 1.82) is 0 Å². The number of rotatable bonds is 12. The highest BCUT2D eigenvalue weighted by Crippen LogP contribution is 2.40. The van der Waals surface area contributed by atoms with Crippen LogP contribution in [0.15, 0.2) is 52.9 Å². The van der Waals surface area contributed by atoms with E-state index in [0.29, 0.717) is 12.6 Å². The van der Waals surface area contributed by atoms with Crippen LogP contribution in [0.3, 0.4) is 0 Å². The molecule has 0 aliphatic heterocycles. The number of fused-ring (bicyclic) bond motifs is 1. The van der Waals surface area contributed by atoms with Crippen molar-refractivity contribution in [3.05, 3.63) is 54.3 Å². The molecule has 1 heterocycles. The molecule has 1 saturated carbocycles. The predicted molar refractivity (Wildman–Crippen MR) is 173 cm³/mol. The van der Waals surface area contributed by atoms with E-state index in [1.165, 1.54) is 0 Å². The molecular formula is C36H54N2O4. The Morgan fingerprint density at radius 2 is 1.55 bits per heavy atom. The predicted octanol–water partition coefficient (Wildman–Crippen LogP) is 8.27. The third kappa shape index (κ3) is 8.44. The molecule has 6 heteroatoms. The molecule has 2 aromatic carbocycles. The second-order valence-electron chi connectivity index (χ2n) is 15.5. The van der Waals surface area contributed by atoms with Crippen molar-refractivity contribution in [1.82, 2.24) is 10.6 Å². The fourth-order valence-corrected chi connectivity index (χ4v) is 5.02. The molecule has 0 saturated heterocycles. The third-order valence-corrected chi connectivity index (χ3v) is 8.37. The Balaban J connectivity index is 1.33. The molecule has 0 amide bonds. The lowest BCUT2D eigenvalue weighted by atomic mass is 9.71. The maximum absolute atomic E-state index is 6.47. The number of ether oxygens (including phenoxy) is 3. The number of furan rings is 1. The van der Waals surface area contributed by atoms with Crippen molar-refractivity contribution in [2.75, 3.05) is 13.2 Å². The maximum atomic E-state index is 6.47. The SMILES string of the molecule is CC(CNC(C)(C)C)Oc1ccc2cc(C(C)(C)C(C)(C)NC3CC(Oc4cccc(OCC(C)(C)C)c4)C3)oc2c1. The van der Waals surface area contributed by atoms with Crippen LogP contribution >= 0.6 is 0 Å². The van der Waals surface area contributed by atoms with Crippen LogP contribution in [0.2, 0.25) is 0 Å². The monoisotopic (exact) mass is 578 g/mol. The molecule has 1 aliphatic rings. The highest BCUT2D eigenvalue weighted by atomic mass is 16.5. The van der Waals surface area contributed by atoms with Crippen molar-refractivity contribution in [3.8, 4) is 17.2 Å². The van der Waals surface area contributed by atoms with Crippen LogP contribution in [0.25, 0.3) is 11.0 Å². The second kappa shape index (κ2) is 12.1. The van der Waals surface area contributed by atoms with E-state index in [9.17, 15) is 0 Å². The van der Waals surface area contributed by atoms with E-state index in [0.717, 1.165) is 53.4 Å². The van der Waals surface area contributed by atoms with Gasteiger partial charge in [0, 0.05) is 46.6 Å². The van der Waals surface area contributed by atoms with Gasteiger partial charge in [-0.1, -0.05) is 40.7 Å². The molecule has 1 atom stereocenters. The molecule has 4 rings (SSSR count). The van der Waals surface area contributed by atoms with Crippen molar-refractivity contribution >= 4 is 11.0 Å².